The zero-order chi connectivity index (χ0) is 24.6. The lowest BCUT2D eigenvalue weighted by molar-refractivity contribution is -0.384. The van der Waals surface area contributed by atoms with E-state index in [1.165, 1.54) is 22.5 Å². The van der Waals surface area contributed by atoms with Gasteiger partial charge in [0.1, 0.15) is 11.5 Å². The van der Waals surface area contributed by atoms with Crippen LogP contribution in [-0.2, 0) is 10.0 Å². The molecule has 0 spiro atoms. The summed E-state index contributed by atoms with van der Waals surface area (Å²) in [6, 6.07) is 9.21. The first-order valence-electron chi connectivity index (χ1n) is 10.9. The fraction of sp³-hybridized carbons (Fsp3) is 0.409. The molecule has 2 heterocycles. The van der Waals surface area contributed by atoms with Crippen LogP contribution in [-0.4, -0.2) is 40.3 Å². The highest BCUT2D eigenvalue weighted by atomic mass is 32.2. The minimum atomic E-state index is -3.90. The maximum absolute atomic E-state index is 13.8. The van der Waals surface area contributed by atoms with Crippen molar-refractivity contribution in [1.29, 1.82) is 0 Å². The third-order valence-corrected chi connectivity index (χ3v) is 7.86. The van der Waals surface area contributed by atoms with E-state index in [0.29, 0.717) is 18.6 Å². The topological polar surface area (TPSA) is 110 Å². The molecule has 4 rings (SSSR count). The van der Waals surface area contributed by atoms with E-state index >= 15 is 0 Å². The number of imidazole rings is 1. The number of nitro groups is 1. The average Bonchev–Trinajstić information content (AvgIpc) is 3.19. The third-order valence-electron chi connectivity index (χ3n) is 6.00. The Bertz CT molecular complexity index is 1330. The minimum absolute atomic E-state index is 0.00417. The summed E-state index contributed by atoms with van der Waals surface area (Å²) in [4.78, 5) is 15.2. The average molecular weight is 494 g/mol. The molecule has 34 heavy (non-hydrogen) atoms. The lowest BCUT2D eigenvalue weighted by Crippen LogP contribution is -2.39. The van der Waals surface area contributed by atoms with Gasteiger partial charge in [-0.2, -0.15) is 13.1 Å². The van der Waals surface area contributed by atoms with Gasteiger partial charge in [-0.15, -0.1) is 0 Å². The predicted octanol–water partition coefficient (Wildman–Crippen LogP) is 4.93. The Labute approximate surface area is 195 Å². The molecule has 2 aromatic carbocycles. The van der Waals surface area contributed by atoms with Crippen molar-refractivity contribution in [2.75, 3.05) is 18.4 Å². The molecular weight excluding hydrogens is 468 g/mol. The maximum Gasteiger partial charge on any atom is 0.320 e. The number of nitrogens with zero attached hydrogens (tertiary/aromatic N) is 4. The molecule has 12 heteroatoms. The Kier molecular flexibility index (Phi) is 6.54. The van der Waals surface area contributed by atoms with Crippen molar-refractivity contribution >= 4 is 32.4 Å². The second-order valence-electron chi connectivity index (χ2n) is 8.52. The van der Waals surface area contributed by atoms with E-state index in [1.807, 2.05) is 6.92 Å². The molecule has 0 aliphatic carbocycles. The normalized spacial score (nSPS) is 18.3. The van der Waals surface area contributed by atoms with Gasteiger partial charge in [-0.05, 0) is 49.9 Å². The van der Waals surface area contributed by atoms with Crippen LogP contribution in [0.3, 0.4) is 0 Å². The smallest absolute Gasteiger partial charge is 0.320 e. The van der Waals surface area contributed by atoms with E-state index in [1.54, 1.807) is 25.1 Å². The number of nitrogens with one attached hydrogen (secondary N) is 1. The number of hydrogen-bond acceptors (Lipinski definition) is 6. The lowest BCUT2D eigenvalue weighted by Gasteiger charge is -2.30. The summed E-state index contributed by atoms with van der Waals surface area (Å²) >= 11 is 0. The summed E-state index contributed by atoms with van der Waals surface area (Å²) in [5, 5.41) is 14.6. The Morgan fingerprint density at radius 3 is 2.65 bits per heavy atom. The Balaban J connectivity index is 1.67. The van der Waals surface area contributed by atoms with E-state index in [2.05, 4.69) is 10.3 Å². The van der Waals surface area contributed by atoms with Gasteiger partial charge in [0.15, 0.2) is 0 Å². The van der Waals surface area contributed by atoms with Crippen LogP contribution in [0.5, 0.6) is 0 Å². The summed E-state index contributed by atoms with van der Waals surface area (Å²) in [5.74, 6) is 0.207. The first-order chi connectivity index (χ1) is 16.1. The molecule has 0 amide bonds. The highest BCUT2D eigenvalue weighted by Gasteiger charge is 2.31. The maximum atomic E-state index is 13.8. The van der Waals surface area contributed by atoms with Crippen molar-refractivity contribution in [3.05, 3.63) is 58.4 Å². The molecule has 9 nitrogen and oxygen atoms in total. The number of para-hydroxylation sites is 2. The fourth-order valence-corrected chi connectivity index (χ4v) is 5.95. The molecule has 3 aromatic rings. The number of hydrogen-bond donors (Lipinski definition) is 1. The largest absolute Gasteiger partial charge is 0.370 e. The fourth-order valence-electron chi connectivity index (χ4n) is 4.33. The summed E-state index contributed by atoms with van der Waals surface area (Å²) in [5.41, 5.74) is 0.167. The summed E-state index contributed by atoms with van der Waals surface area (Å²) < 4.78 is 55.9. The Morgan fingerprint density at radius 1 is 1.24 bits per heavy atom. The van der Waals surface area contributed by atoms with Gasteiger partial charge in [0.25, 0.3) is 5.69 Å². The van der Waals surface area contributed by atoms with Crippen molar-refractivity contribution in [2.45, 2.75) is 44.2 Å². The lowest BCUT2D eigenvalue weighted by atomic mass is 10.0. The van der Waals surface area contributed by atoms with E-state index in [9.17, 15) is 27.3 Å². The van der Waals surface area contributed by atoms with Crippen molar-refractivity contribution in [3.8, 4) is 0 Å². The Hall–Kier alpha value is -3.12. The summed E-state index contributed by atoms with van der Waals surface area (Å²) in [6.07, 6.45) is 1.65. The number of benzene rings is 2. The van der Waals surface area contributed by atoms with Crippen LogP contribution in [0, 0.1) is 16.0 Å². The predicted molar refractivity (Wildman–Crippen MR) is 123 cm³/mol. The van der Waals surface area contributed by atoms with Gasteiger partial charge in [0, 0.05) is 19.2 Å². The van der Waals surface area contributed by atoms with Gasteiger partial charge in [-0.1, -0.05) is 19.1 Å². The first-order valence-corrected chi connectivity index (χ1v) is 12.3. The third kappa shape index (κ3) is 4.47. The van der Waals surface area contributed by atoms with E-state index in [0.717, 1.165) is 23.5 Å². The number of nitro benzene ring substituents is 1. The molecule has 0 saturated carbocycles. The number of piperidine rings is 1. The molecule has 2 atom stereocenters. The molecule has 1 fully saturated rings. The molecular formula is C22H25F2N5O4S. The van der Waals surface area contributed by atoms with Crippen LogP contribution >= 0.6 is 0 Å². The van der Waals surface area contributed by atoms with E-state index in [-0.39, 0.29) is 27.8 Å². The van der Waals surface area contributed by atoms with Crippen molar-refractivity contribution < 1.29 is 22.1 Å². The molecule has 0 bridgehead atoms. The van der Waals surface area contributed by atoms with Crippen molar-refractivity contribution in [3.63, 3.8) is 0 Å². The first kappa shape index (κ1) is 24.0. The van der Waals surface area contributed by atoms with Gasteiger partial charge in [-0.25, -0.2) is 13.4 Å². The van der Waals surface area contributed by atoms with Gasteiger partial charge < -0.3 is 5.32 Å². The minimum Gasteiger partial charge on any atom is -0.370 e. The monoisotopic (exact) mass is 493 g/mol. The van der Waals surface area contributed by atoms with Gasteiger partial charge >= 0.3 is 6.55 Å². The number of alkyl halides is 2. The highest BCUT2D eigenvalue weighted by molar-refractivity contribution is 7.89. The molecule has 1 aliphatic heterocycles. The van der Waals surface area contributed by atoms with Crippen LogP contribution in [0.15, 0.2) is 47.4 Å². The van der Waals surface area contributed by atoms with Gasteiger partial charge in [0.2, 0.25) is 10.0 Å². The zero-order valence-electron chi connectivity index (χ0n) is 18.7. The summed E-state index contributed by atoms with van der Waals surface area (Å²) in [7, 11) is -3.90. The molecule has 1 aliphatic rings. The molecule has 182 valence electrons. The van der Waals surface area contributed by atoms with Gasteiger partial charge in [-0.3, -0.25) is 14.7 Å². The number of sulfonamides is 1. The highest BCUT2D eigenvalue weighted by Crippen LogP contribution is 2.34. The van der Waals surface area contributed by atoms with Gasteiger partial charge in [0.05, 0.1) is 26.9 Å². The van der Waals surface area contributed by atoms with Crippen LogP contribution in [0.4, 0.5) is 20.2 Å². The molecule has 0 radical (unpaired) electrons. The number of halogens is 2. The second kappa shape index (κ2) is 9.26. The second-order valence-corrected chi connectivity index (χ2v) is 10.5. The quantitative estimate of drug-likeness (QED) is 0.369. The molecule has 1 aromatic heterocycles. The molecule has 1 N–H and O–H groups in total. The van der Waals surface area contributed by atoms with Crippen LogP contribution in [0.1, 0.15) is 45.1 Å². The number of fused-ring (bicyclic) bond motifs is 1. The Morgan fingerprint density at radius 2 is 1.97 bits per heavy atom. The number of rotatable bonds is 7. The van der Waals surface area contributed by atoms with Crippen LogP contribution in [0.25, 0.3) is 11.0 Å². The number of aromatic nitrogens is 2. The van der Waals surface area contributed by atoms with Crippen molar-refractivity contribution in [2.24, 2.45) is 5.92 Å². The molecule has 0 unspecified atom stereocenters. The van der Waals surface area contributed by atoms with Crippen LogP contribution < -0.4 is 5.32 Å². The number of anilines is 1. The standard InChI is InChI=1S/C22H25F2N5O4S/c1-14-6-5-11-27(13-14)34(32,33)16-9-10-18(20(12-16)29(30)31)25-15(2)21-26-17-7-3-4-8-19(17)28(21)22(23)24/h3-4,7-10,12,14-15,22,25H,5-6,11,13H2,1-2H3/t14-,15-/m1/s1. The van der Waals surface area contributed by atoms with E-state index in [4.69, 9.17) is 0 Å². The molecule has 1 saturated heterocycles. The summed E-state index contributed by atoms with van der Waals surface area (Å²) in [6.45, 7) is 1.38. The van der Waals surface area contributed by atoms with Crippen molar-refractivity contribution in [1.82, 2.24) is 13.9 Å². The van der Waals surface area contributed by atoms with Crippen LogP contribution in [0.2, 0.25) is 0 Å². The zero-order valence-corrected chi connectivity index (χ0v) is 19.5. The van der Waals surface area contributed by atoms with E-state index < -0.39 is 33.2 Å². The SMILES string of the molecule is C[C@@H]1CCCN(S(=O)(=O)c2ccc(N[C@H](C)c3nc4ccccc4n3C(F)F)c([N+](=O)[O-])c2)C1.